The Morgan fingerprint density at radius 3 is 1.93 bits per heavy atom. The maximum atomic E-state index is 12.1. The van der Waals surface area contributed by atoms with Crippen molar-refractivity contribution in [3.63, 3.8) is 0 Å². The first-order valence-electron chi connectivity index (χ1n) is 9.66. The highest BCUT2D eigenvalue weighted by Crippen LogP contribution is 2.19. The molecule has 0 unspecified atom stereocenters. The summed E-state index contributed by atoms with van der Waals surface area (Å²) in [6.07, 6.45) is 3.27. The number of nitrogens with one attached hydrogen (secondary N) is 2. The largest absolute Gasteiger partial charge is 0.471 e. The number of carbonyl (C=O) groups excluding carboxylic acids is 2. The van der Waals surface area contributed by atoms with Crippen LogP contribution in [0, 0.1) is 0 Å². The maximum absolute atomic E-state index is 12.1. The zero-order valence-corrected chi connectivity index (χ0v) is 15.8. The number of amides is 2. The standard InChI is InChI=1S/C20H27F3N2O3/c21-20(22,23)19(27)25-13-16-10-8-15(9-11-16)12-24-18(26)14-28-17-6-4-2-1-3-5-7-17/h8-11,17H,1-7,12-14H2,(H,24,26)(H,25,27). The smallest absolute Gasteiger partial charge is 0.368 e. The molecule has 28 heavy (non-hydrogen) atoms. The Balaban J connectivity index is 1.67. The van der Waals surface area contributed by atoms with Crippen molar-refractivity contribution in [2.45, 2.75) is 70.3 Å². The van der Waals surface area contributed by atoms with Gasteiger partial charge in [-0.2, -0.15) is 13.2 Å². The van der Waals surface area contributed by atoms with Crippen LogP contribution in [0.15, 0.2) is 24.3 Å². The topological polar surface area (TPSA) is 67.4 Å². The van der Waals surface area contributed by atoms with Crippen LogP contribution < -0.4 is 10.6 Å². The van der Waals surface area contributed by atoms with Crippen LogP contribution >= 0.6 is 0 Å². The first-order valence-corrected chi connectivity index (χ1v) is 9.66. The van der Waals surface area contributed by atoms with Crippen LogP contribution in [0.3, 0.4) is 0 Å². The van der Waals surface area contributed by atoms with Gasteiger partial charge in [0.1, 0.15) is 6.61 Å². The van der Waals surface area contributed by atoms with Crippen LogP contribution in [0.4, 0.5) is 13.2 Å². The summed E-state index contributed by atoms with van der Waals surface area (Å²) in [6.45, 7) is 0.133. The zero-order chi connectivity index (χ0) is 20.4. The van der Waals surface area contributed by atoms with Gasteiger partial charge in [0.05, 0.1) is 6.10 Å². The molecule has 2 amide bonds. The predicted octanol–water partition coefficient (Wildman–Crippen LogP) is 3.61. The highest BCUT2D eigenvalue weighted by Gasteiger charge is 2.38. The molecule has 1 aliphatic rings. The Morgan fingerprint density at radius 2 is 1.39 bits per heavy atom. The third-order valence-electron chi connectivity index (χ3n) is 4.73. The number of rotatable bonds is 7. The van der Waals surface area contributed by atoms with E-state index < -0.39 is 12.1 Å². The molecule has 0 aromatic heterocycles. The van der Waals surface area contributed by atoms with Crippen LogP contribution in [0.1, 0.15) is 56.1 Å². The predicted molar refractivity (Wildman–Crippen MR) is 98.2 cm³/mol. The quantitative estimate of drug-likeness (QED) is 0.735. The summed E-state index contributed by atoms with van der Waals surface area (Å²) in [7, 11) is 0. The number of halogens is 3. The summed E-state index contributed by atoms with van der Waals surface area (Å²) in [6, 6.07) is 6.63. The Kier molecular flexibility index (Phi) is 8.76. The van der Waals surface area contributed by atoms with Gasteiger partial charge in [0, 0.05) is 13.1 Å². The van der Waals surface area contributed by atoms with E-state index in [4.69, 9.17) is 4.74 Å². The average Bonchev–Trinajstić information content (AvgIpc) is 2.63. The van der Waals surface area contributed by atoms with Gasteiger partial charge in [-0.3, -0.25) is 9.59 Å². The molecule has 2 rings (SSSR count). The van der Waals surface area contributed by atoms with Gasteiger partial charge in [-0.15, -0.1) is 0 Å². The molecule has 2 N–H and O–H groups in total. The van der Waals surface area contributed by atoms with E-state index in [0.29, 0.717) is 12.1 Å². The highest BCUT2D eigenvalue weighted by molar-refractivity contribution is 5.81. The van der Waals surface area contributed by atoms with Crippen molar-refractivity contribution in [3.8, 4) is 0 Å². The molecule has 0 spiro atoms. The van der Waals surface area contributed by atoms with Gasteiger partial charge in [-0.1, -0.05) is 56.4 Å². The first-order chi connectivity index (χ1) is 13.3. The van der Waals surface area contributed by atoms with Crippen LogP contribution in [0.2, 0.25) is 0 Å². The lowest BCUT2D eigenvalue weighted by Gasteiger charge is -2.20. The number of carbonyl (C=O) groups is 2. The summed E-state index contributed by atoms with van der Waals surface area (Å²) in [5, 5.41) is 4.59. The van der Waals surface area contributed by atoms with E-state index in [1.165, 1.54) is 19.3 Å². The molecule has 0 bridgehead atoms. The molecule has 1 aromatic rings. The molecular formula is C20H27F3N2O3. The van der Waals surface area contributed by atoms with Crippen molar-refractivity contribution >= 4 is 11.8 Å². The lowest BCUT2D eigenvalue weighted by molar-refractivity contribution is -0.173. The molecule has 0 radical (unpaired) electrons. The molecule has 0 aliphatic heterocycles. The van der Waals surface area contributed by atoms with E-state index in [0.717, 1.165) is 31.2 Å². The molecule has 8 heteroatoms. The molecule has 1 aromatic carbocycles. The Labute approximate surface area is 163 Å². The summed E-state index contributed by atoms with van der Waals surface area (Å²) < 4.78 is 42.2. The SMILES string of the molecule is O=C(COC1CCCCCCC1)NCc1ccc(CNC(=O)C(F)(F)F)cc1. The van der Waals surface area contributed by atoms with Gasteiger partial charge < -0.3 is 15.4 Å². The van der Waals surface area contributed by atoms with Crippen LogP contribution in [0.5, 0.6) is 0 Å². The third-order valence-corrected chi connectivity index (χ3v) is 4.73. The number of ether oxygens (including phenoxy) is 1. The van der Waals surface area contributed by atoms with E-state index in [2.05, 4.69) is 5.32 Å². The number of benzene rings is 1. The molecule has 0 atom stereocenters. The second kappa shape index (κ2) is 11.0. The fraction of sp³-hybridized carbons (Fsp3) is 0.600. The van der Waals surface area contributed by atoms with E-state index >= 15 is 0 Å². The molecule has 5 nitrogen and oxygen atoms in total. The van der Waals surface area contributed by atoms with E-state index in [-0.39, 0.29) is 25.2 Å². The van der Waals surface area contributed by atoms with Crippen LogP contribution in [-0.4, -0.2) is 30.7 Å². The minimum atomic E-state index is -4.89. The zero-order valence-electron chi connectivity index (χ0n) is 15.8. The minimum absolute atomic E-state index is 0.0340. The van der Waals surface area contributed by atoms with Crippen molar-refractivity contribution in [2.75, 3.05) is 6.61 Å². The van der Waals surface area contributed by atoms with Crippen molar-refractivity contribution < 1.29 is 27.5 Å². The van der Waals surface area contributed by atoms with Crippen molar-refractivity contribution in [1.82, 2.24) is 10.6 Å². The first kappa shape index (κ1) is 22.2. The summed E-state index contributed by atoms with van der Waals surface area (Å²) >= 11 is 0. The Bertz CT molecular complexity index is 625. The average molecular weight is 400 g/mol. The number of hydrogen-bond donors (Lipinski definition) is 2. The van der Waals surface area contributed by atoms with E-state index in [9.17, 15) is 22.8 Å². The van der Waals surface area contributed by atoms with Gasteiger partial charge in [0.15, 0.2) is 0 Å². The second-order valence-corrected chi connectivity index (χ2v) is 7.05. The molecule has 0 heterocycles. The molecule has 156 valence electrons. The highest BCUT2D eigenvalue weighted by atomic mass is 19.4. The van der Waals surface area contributed by atoms with E-state index in [1.807, 2.05) is 5.32 Å². The van der Waals surface area contributed by atoms with Gasteiger partial charge >= 0.3 is 12.1 Å². The summed E-state index contributed by atoms with van der Waals surface area (Å²) in [4.78, 5) is 22.8. The fourth-order valence-corrected chi connectivity index (χ4v) is 3.09. The Hall–Kier alpha value is -2.09. The monoisotopic (exact) mass is 400 g/mol. The second-order valence-electron chi connectivity index (χ2n) is 7.05. The Morgan fingerprint density at radius 1 is 0.893 bits per heavy atom. The van der Waals surface area contributed by atoms with Crippen molar-refractivity contribution in [1.29, 1.82) is 0 Å². The summed E-state index contributed by atoms with van der Waals surface area (Å²) in [5.41, 5.74) is 1.35. The minimum Gasteiger partial charge on any atom is -0.368 e. The third kappa shape index (κ3) is 8.29. The molecule has 1 aliphatic carbocycles. The maximum Gasteiger partial charge on any atom is 0.471 e. The van der Waals surface area contributed by atoms with Crippen molar-refractivity contribution in [2.24, 2.45) is 0 Å². The lowest BCUT2D eigenvalue weighted by atomic mass is 9.99. The number of alkyl halides is 3. The van der Waals surface area contributed by atoms with Gasteiger partial charge in [0.25, 0.3) is 0 Å². The number of hydrogen-bond acceptors (Lipinski definition) is 3. The fourth-order valence-electron chi connectivity index (χ4n) is 3.09. The van der Waals surface area contributed by atoms with Crippen LogP contribution in [-0.2, 0) is 27.4 Å². The normalized spacial score (nSPS) is 16.1. The van der Waals surface area contributed by atoms with Gasteiger partial charge in [-0.05, 0) is 24.0 Å². The molecular weight excluding hydrogens is 373 g/mol. The van der Waals surface area contributed by atoms with Gasteiger partial charge in [-0.25, -0.2) is 0 Å². The molecule has 1 saturated carbocycles. The summed E-state index contributed by atoms with van der Waals surface area (Å²) in [5.74, 6) is -2.16. The van der Waals surface area contributed by atoms with Gasteiger partial charge in [0.2, 0.25) is 5.91 Å². The molecule has 1 fully saturated rings. The molecule has 0 saturated heterocycles. The van der Waals surface area contributed by atoms with E-state index in [1.54, 1.807) is 24.3 Å². The van der Waals surface area contributed by atoms with Crippen molar-refractivity contribution in [3.05, 3.63) is 35.4 Å². The van der Waals surface area contributed by atoms with Crippen LogP contribution in [0.25, 0.3) is 0 Å². The lowest BCUT2D eigenvalue weighted by Crippen LogP contribution is -2.36.